The van der Waals surface area contributed by atoms with Crippen molar-refractivity contribution >= 4 is 33.6 Å². The van der Waals surface area contributed by atoms with Gasteiger partial charge in [0.1, 0.15) is 5.75 Å². The van der Waals surface area contributed by atoms with Crippen molar-refractivity contribution in [2.45, 2.75) is 6.92 Å². The standard InChI is InChI=1S/C16H23BrN2O2S/c1-12(13-10-18-11-13)16(20)19-5-7-22-8-6-21-15-4-2-3-14(17)9-15/h2-4,9,12-13,18H,5-8,10-11H2,1H3,(H,19,20). The zero-order chi connectivity index (χ0) is 15.8. The number of carbonyl (C=O) groups is 1. The Morgan fingerprint density at radius 1 is 1.50 bits per heavy atom. The van der Waals surface area contributed by atoms with Crippen molar-refractivity contribution in [1.82, 2.24) is 10.6 Å². The number of carbonyl (C=O) groups excluding carboxylic acids is 1. The van der Waals surface area contributed by atoms with E-state index >= 15 is 0 Å². The molecule has 4 nitrogen and oxygen atoms in total. The van der Waals surface area contributed by atoms with Gasteiger partial charge >= 0.3 is 0 Å². The van der Waals surface area contributed by atoms with E-state index in [1.54, 1.807) is 11.8 Å². The Hall–Kier alpha value is -0.720. The molecule has 1 aromatic carbocycles. The van der Waals surface area contributed by atoms with Crippen LogP contribution in [0.4, 0.5) is 0 Å². The third-order valence-electron chi connectivity index (χ3n) is 3.77. The highest BCUT2D eigenvalue weighted by molar-refractivity contribution is 9.10. The minimum Gasteiger partial charge on any atom is -0.493 e. The van der Waals surface area contributed by atoms with Gasteiger partial charge in [-0.1, -0.05) is 28.9 Å². The zero-order valence-electron chi connectivity index (χ0n) is 12.8. The summed E-state index contributed by atoms with van der Waals surface area (Å²) in [5, 5.41) is 6.22. The van der Waals surface area contributed by atoms with Crippen LogP contribution in [0.25, 0.3) is 0 Å². The number of amides is 1. The van der Waals surface area contributed by atoms with Gasteiger partial charge in [0.25, 0.3) is 0 Å². The van der Waals surface area contributed by atoms with E-state index in [-0.39, 0.29) is 11.8 Å². The monoisotopic (exact) mass is 386 g/mol. The second kappa shape index (κ2) is 9.43. The molecular weight excluding hydrogens is 364 g/mol. The SMILES string of the molecule is CC(C(=O)NCCSCCOc1cccc(Br)c1)C1CNC1. The third-order valence-corrected chi connectivity index (χ3v) is 5.21. The number of rotatable bonds is 9. The lowest BCUT2D eigenvalue weighted by Gasteiger charge is -2.31. The largest absolute Gasteiger partial charge is 0.493 e. The third kappa shape index (κ3) is 5.82. The fourth-order valence-electron chi connectivity index (χ4n) is 2.16. The number of hydrogen-bond acceptors (Lipinski definition) is 4. The highest BCUT2D eigenvalue weighted by Gasteiger charge is 2.28. The summed E-state index contributed by atoms with van der Waals surface area (Å²) in [6.07, 6.45) is 0. The summed E-state index contributed by atoms with van der Waals surface area (Å²) in [5.41, 5.74) is 0. The Labute approximate surface area is 144 Å². The predicted octanol–water partition coefficient (Wildman–Crippen LogP) is 2.53. The number of hydrogen-bond donors (Lipinski definition) is 2. The fourth-order valence-corrected chi connectivity index (χ4v) is 3.19. The van der Waals surface area contributed by atoms with Crippen LogP contribution in [0.15, 0.2) is 28.7 Å². The van der Waals surface area contributed by atoms with E-state index in [0.717, 1.165) is 41.4 Å². The molecule has 0 saturated carbocycles. The molecule has 1 aromatic rings. The van der Waals surface area contributed by atoms with Crippen molar-refractivity contribution in [2.75, 3.05) is 37.7 Å². The summed E-state index contributed by atoms with van der Waals surface area (Å²) in [6, 6.07) is 7.85. The molecule has 1 heterocycles. The van der Waals surface area contributed by atoms with Crippen LogP contribution in [-0.4, -0.2) is 43.7 Å². The van der Waals surface area contributed by atoms with E-state index in [0.29, 0.717) is 12.5 Å². The Bertz CT molecular complexity index is 483. The molecule has 0 aromatic heterocycles. The number of benzene rings is 1. The van der Waals surface area contributed by atoms with E-state index in [4.69, 9.17) is 4.74 Å². The van der Waals surface area contributed by atoms with Crippen LogP contribution in [-0.2, 0) is 4.79 Å². The van der Waals surface area contributed by atoms with Gasteiger partial charge in [0.15, 0.2) is 0 Å². The van der Waals surface area contributed by atoms with Crippen LogP contribution in [0.5, 0.6) is 5.75 Å². The van der Waals surface area contributed by atoms with E-state index in [1.165, 1.54) is 0 Å². The Kier molecular flexibility index (Phi) is 7.55. The van der Waals surface area contributed by atoms with Gasteiger partial charge in [0.2, 0.25) is 5.91 Å². The van der Waals surface area contributed by atoms with E-state index in [9.17, 15) is 4.79 Å². The zero-order valence-corrected chi connectivity index (χ0v) is 15.2. The molecule has 0 radical (unpaired) electrons. The molecule has 2 rings (SSSR count). The van der Waals surface area contributed by atoms with Crippen LogP contribution in [0.1, 0.15) is 6.92 Å². The Morgan fingerprint density at radius 3 is 3.00 bits per heavy atom. The molecule has 6 heteroatoms. The Balaban J connectivity index is 1.48. The summed E-state index contributed by atoms with van der Waals surface area (Å²) in [6.45, 7) is 5.36. The van der Waals surface area contributed by atoms with Gasteiger partial charge in [-0.3, -0.25) is 4.79 Å². The Morgan fingerprint density at radius 2 is 2.32 bits per heavy atom. The minimum atomic E-state index is 0.117. The van der Waals surface area contributed by atoms with Crippen LogP contribution in [0.3, 0.4) is 0 Å². The lowest BCUT2D eigenvalue weighted by atomic mass is 9.88. The molecule has 1 saturated heterocycles. The predicted molar refractivity (Wildman–Crippen MR) is 95.5 cm³/mol. The first-order chi connectivity index (χ1) is 10.7. The topological polar surface area (TPSA) is 50.4 Å². The summed E-state index contributed by atoms with van der Waals surface area (Å²) in [4.78, 5) is 11.9. The van der Waals surface area contributed by atoms with Crippen molar-refractivity contribution < 1.29 is 9.53 Å². The average molecular weight is 387 g/mol. The van der Waals surface area contributed by atoms with Gasteiger partial charge < -0.3 is 15.4 Å². The van der Waals surface area contributed by atoms with E-state index < -0.39 is 0 Å². The molecule has 1 unspecified atom stereocenters. The molecule has 1 aliphatic heterocycles. The first-order valence-corrected chi connectivity index (χ1v) is 9.56. The van der Waals surface area contributed by atoms with Gasteiger partial charge in [-0.05, 0) is 37.2 Å². The molecule has 1 fully saturated rings. The molecule has 1 aliphatic rings. The smallest absolute Gasteiger partial charge is 0.223 e. The van der Waals surface area contributed by atoms with E-state index in [1.807, 2.05) is 31.2 Å². The molecule has 22 heavy (non-hydrogen) atoms. The maximum atomic E-state index is 11.9. The summed E-state index contributed by atoms with van der Waals surface area (Å²) < 4.78 is 6.69. The second-order valence-corrected chi connectivity index (χ2v) is 7.56. The van der Waals surface area contributed by atoms with Crippen molar-refractivity contribution in [2.24, 2.45) is 11.8 Å². The first-order valence-electron chi connectivity index (χ1n) is 7.61. The fraction of sp³-hybridized carbons (Fsp3) is 0.562. The molecule has 122 valence electrons. The van der Waals surface area contributed by atoms with Crippen molar-refractivity contribution in [3.05, 3.63) is 28.7 Å². The van der Waals surface area contributed by atoms with Crippen LogP contribution in [0, 0.1) is 11.8 Å². The molecular formula is C16H23BrN2O2S. The highest BCUT2D eigenvalue weighted by atomic mass is 79.9. The number of nitrogens with one attached hydrogen (secondary N) is 2. The summed E-state index contributed by atoms with van der Waals surface area (Å²) >= 11 is 5.22. The normalized spacial score (nSPS) is 15.9. The summed E-state index contributed by atoms with van der Waals surface area (Å²) in [5.74, 6) is 3.52. The number of ether oxygens (including phenoxy) is 1. The highest BCUT2D eigenvalue weighted by Crippen LogP contribution is 2.18. The second-order valence-electron chi connectivity index (χ2n) is 5.42. The first kappa shape index (κ1) is 17.6. The van der Waals surface area contributed by atoms with Crippen molar-refractivity contribution in [1.29, 1.82) is 0 Å². The minimum absolute atomic E-state index is 0.117. The van der Waals surface area contributed by atoms with Gasteiger partial charge in [-0.25, -0.2) is 0 Å². The van der Waals surface area contributed by atoms with Crippen LogP contribution in [0.2, 0.25) is 0 Å². The molecule has 2 N–H and O–H groups in total. The lowest BCUT2D eigenvalue weighted by Crippen LogP contribution is -2.49. The summed E-state index contributed by atoms with van der Waals surface area (Å²) in [7, 11) is 0. The van der Waals surface area contributed by atoms with Gasteiger partial charge in [-0.2, -0.15) is 11.8 Å². The van der Waals surface area contributed by atoms with Gasteiger partial charge in [0.05, 0.1) is 6.61 Å². The van der Waals surface area contributed by atoms with E-state index in [2.05, 4.69) is 26.6 Å². The quantitative estimate of drug-likeness (QED) is 0.640. The molecule has 0 aliphatic carbocycles. The lowest BCUT2D eigenvalue weighted by molar-refractivity contribution is -0.126. The maximum absolute atomic E-state index is 11.9. The van der Waals surface area contributed by atoms with Crippen LogP contribution < -0.4 is 15.4 Å². The molecule has 1 amide bonds. The van der Waals surface area contributed by atoms with Crippen molar-refractivity contribution in [3.63, 3.8) is 0 Å². The van der Waals surface area contributed by atoms with Crippen molar-refractivity contribution in [3.8, 4) is 5.75 Å². The average Bonchev–Trinajstić information content (AvgIpc) is 2.44. The van der Waals surface area contributed by atoms with Gasteiger partial charge in [-0.15, -0.1) is 0 Å². The van der Waals surface area contributed by atoms with Crippen LogP contribution >= 0.6 is 27.7 Å². The molecule has 0 spiro atoms. The molecule has 1 atom stereocenters. The number of halogens is 1. The molecule has 0 bridgehead atoms. The van der Waals surface area contributed by atoms with Gasteiger partial charge in [0, 0.05) is 28.4 Å². The number of thioether (sulfide) groups is 1. The maximum Gasteiger partial charge on any atom is 0.223 e.